The summed E-state index contributed by atoms with van der Waals surface area (Å²) in [5.74, 6) is 0.983. The van der Waals surface area contributed by atoms with Crippen LogP contribution in [-0.2, 0) is 11.3 Å². The van der Waals surface area contributed by atoms with Crippen molar-refractivity contribution in [3.05, 3.63) is 20.8 Å². The average Bonchev–Trinajstić information content (AvgIpc) is 3.02. The Balaban J connectivity index is 1.70. The first-order chi connectivity index (χ1) is 8.15. The van der Waals surface area contributed by atoms with Gasteiger partial charge in [-0.2, -0.15) is 0 Å². The first-order valence-corrected chi connectivity index (χ1v) is 7.45. The number of hydrogen-bond acceptors (Lipinski definition) is 3. The minimum atomic E-state index is 0.162. The van der Waals surface area contributed by atoms with Crippen LogP contribution in [0.25, 0.3) is 0 Å². The lowest BCUT2D eigenvalue weighted by Gasteiger charge is -2.16. The van der Waals surface area contributed by atoms with Gasteiger partial charge in [0.2, 0.25) is 5.91 Å². The second kappa shape index (κ2) is 5.98. The van der Waals surface area contributed by atoms with E-state index in [-0.39, 0.29) is 5.91 Å². The molecule has 1 amide bonds. The smallest absolute Gasteiger partial charge is 0.236 e. The van der Waals surface area contributed by atoms with Crippen molar-refractivity contribution in [3.63, 3.8) is 0 Å². The maximum Gasteiger partial charge on any atom is 0.236 e. The lowest BCUT2D eigenvalue weighted by molar-refractivity contribution is -0.129. The first-order valence-electron chi connectivity index (χ1n) is 5.84. The van der Waals surface area contributed by atoms with Gasteiger partial charge in [-0.3, -0.25) is 4.79 Å². The highest BCUT2D eigenvalue weighted by Gasteiger charge is 2.21. The highest BCUT2D eigenvalue weighted by Crippen LogP contribution is 2.27. The molecule has 3 nitrogen and oxygen atoms in total. The predicted molar refractivity (Wildman–Crippen MR) is 74.1 cm³/mol. The Kier molecular flexibility index (Phi) is 4.59. The number of hydrogen-bond donors (Lipinski definition) is 1. The molecule has 1 N–H and O–H groups in total. The maximum atomic E-state index is 11.8. The number of thiophene rings is 1. The minimum absolute atomic E-state index is 0.162. The summed E-state index contributed by atoms with van der Waals surface area (Å²) in [4.78, 5) is 14.8. The minimum Gasteiger partial charge on any atom is -0.340 e. The van der Waals surface area contributed by atoms with Gasteiger partial charge in [0.15, 0.2) is 0 Å². The average molecular weight is 317 g/mol. The van der Waals surface area contributed by atoms with Gasteiger partial charge in [-0.05, 0) is 53.4 Å². The topological polar surface area (TPSA) is 32.3 Å². The molecule has 2 rings (SSSR count). The molecule has 1 aromatic heterocycles. The predicted octanol–water partition coefficient (Wildman–Crippen LogP) is 2.47. The summed E-state index contributed by atoms with van der Waals surface area (Å²) in [5.41, 5.74) is 0. The molecule has 1 aliphatic carbocycles. The lowest BCUT2D eigenvalue weighted by atomic mass is 10.4. The molecule has 0 saturated heterocycles. The number of nitrogens with zero attached hydrogens (tertiary/aromatic N) is 1. The lowest BCUT2D eigenvalue weighted by Crippen LogP contribution is -2.35. The van der Waals surface area contributed by atoms with Crippen LogP contribution in [0.15, 0.2) is 15.9 Å². The zero-order valence-electron chi connectivity index (χ0n) is 9.91. The van der Waals surface area contributed by atoms with Gasteiger partial charge in [0.05, 0.1) is 16.9 Å². The number of likely N-dealkylation sites (N-methyl/N-ethyl adjacent to an activating group) is 1. The Morgan fingerprint density at radius 1 is 1.59 bits per heavy atom. The Hall–Kier alpha value is -0.390. The van der Waals surface area contributed by atoms with E-state index in [9.17, 15) is 4.79 Å². The highest BCUT2D eigenvalue weighted by molar-refractivity contribution is 9.11. The van der Waals surface area contributed by atoms with E-state index in [4.69, 9.17) is 0 Å². The second-order valence-electron chi connectivity index (χ2n) is 4.53. The van der Waals surface area contributed by atoms with Gasteiger partial charge >= 0.3 is 0 Å². The molecule has 1 aromatic rings. The molecule has 0 bridgehead atoms. The van der Waals surface area contributed by atoms with Crippen LogP contribution in [0.1, 0.15) is 17.7 Å². The zero-order valence-corrected chi connectivity index (χ0v) is 12.3. The summed E-state index contributed by atoms with van der Waals surface area (Å²) in [5, 5.41) is 3.22. The molecule has 0 unspecified atom stereocenters. The fourth-order valence-corrected chi connectivity index (χ4v) is 3.14. The summed E-state index contributed by atoms with van der Waals surface area (Å²) < 4.78 is 1.11. The Bertz CT molecular complexity index is 390. The van der Waals surface area contributed by atoms with Crippen LogP contribution in [0, 0.1) is 5.92 Å². The van der Waals surface area contributed by atoms with Crippen LogP contribution in [0.5, 0.6) is 0 Å². The van der Waals surface area contributed by atoms with Crippen LogP contribution < -0.4 is 5.32 Å². The molecule has 94 valence electrons. The first kappa shape index (κ1) is 13.1. The second-order valence-corrected chi connectivity index (χ2v) is 7.08. The van der Waals surface area contributed by atoms with Crippen molar-refractivity contribution < 1.29 is 4.79 Å². The summed E-state index contributed by atoms with van der Waals surface area (Å²) >= 11 is 5.10. The van der Waals surface area contributed by atoms with E-state index in [1.807, 2.05) is 13.1 Å². The van der Waals surface area contributed by atoms with E-state index in [2.05, 4.69) is 27.3 Å². The maximum absolute atomic E-state index is 11.8. The molecule has 1 heterocycles. The molecule has 1 aliphatic rings. The fourth-order valence-electron chi connectivity index (χ4n) is 1.60. The third-order valence-electron chi connectivity index (χ3n) is 2.85. The monoisotopic (exact) mass is 316 g/mol. The quantitative estimate of drug-likeness (QED) is 0.874. The molecule has 0 radical (unpaired) electrons. The molecule has 0 aliphatic heterocycles. The van der Waals surface area contributed by atoms with E-state index in [1.165, 1.54) is 17.7 Å². The molecule has 1 saturated carbocycles. The van der Waals surface area contributed by atoms with Gasteiger partial charge in [-0.1, -0.05) is 0 Å². The number of amides is 1. The SMILES string of the molecule is CN(Cc1ccc(Br)s1)C(=O)CNCC1CC1. The summed E-state index contributed by atoms with van der Waals surface area (Å²) in [7, 11) is 1.86. The van der Waals surface area contributed by atoms with E-state index < -0.39 is 0 Å². The van der Waals surface area contributed by atoms with Crippen molar-refractivity contribution in [3.8, 4) is 0 Å². The third-order valence-corrected chi connectivity index (χ3v) is 4.46. The highest BCUT2D eigenvalue weighted by atomic mass is 79.9. The fraction of sp³-hybridized carbons (Fsp3) is 0.583. The largest absolute Gasteiger partial charge is 0.340 e. The van der Waals surface area contributed by atoms with Crippen molar-refractivity contribution in [2.75, 3.05) is 20.1 Å². The van der Waals surface area contributed by atoms with E-state index in [0.29, 0.717) is 13.1 Å². The van der Waals surface area contributed by atoms with E-state index in [0.717, 1.165) is 16.2 Å². The van der Waals surface area contributed by atoms with Gasteiger partial charge in [-0.15, -0.1) is 11.3 Å². The molecule has 0 aromatic carbocycles. The normalized spacial score (nSPS) is 14.9. The Morgan fingerprint density at radius 2 is 2.35 bits per heavy atom. The Labute approximate surface area is 114 Å². The zero-order chi connectivity index (χ0) is 12.3. The summed E-state index contributed by atoms with van der Waals surface area (Å²) in [6.45, 7) is 2.14. The molecule has 0 atom stereocenters. The number of halogens is 1. The molecule has 17 heavy (non-hydrogen) atoms. The van der Waals surface area contributed by atoms with Crippen LogP contribution in [-0.4, -0.2) is 30.9 Å². The number of carbonyl (C=O) groups is 1. The van der Waals surface area contributed by atoms with E-state index >= 15 is 0 Å². The van der Waals surface area contributed by atoms with Crippen molar-refractivity contribution in [1.82, 2.24) is 10.2 Å². The third kappa shape index (κ3) is 4.41. The molecular weight excluding hydrogens is 300 g/mol. The molecule has 1 fully saturated rings. The molecule has 5 heteroatoms. The Morgan fingerprint density at radius 3 is 2.94 bits per heavy atom. The van der Waals surface area contributed by atoms with Gasteiger partial charge in [0, 0.05) is 11.9 Å². The number of carbonyl (C=O) groups excluding carboxylic acids is 1. The van der Waals surface area contributed by atoms with E-state index in [1.54, 1.807) is 16.2 Å². The van der Waals surface area contributed by atoms with Gasteiger partial charge in [0.1, 0.15) is 0 Å². The van der Waals surface area contributed by atoms with Gasteiger partial charge in [-0.25, -0.2) is 0 Å². The van der Waals surface area contributed by atoms with Crippen LogP contribution >= 0.6 is 27.3 Å². The molecule has 0 spiro atoms. The standard InChI is InChI=1S/C12H17BrN2OS/c1-15(8-10-4-5-11(13)17-10)12(16)7-14-6-9-2-3-9/h4-5,9,14H,2-3,6-8H2,1H3. The van der Waals surface area contributed by atoms with Crippen LogP contribution in [0.3, 0.4) is 0 Å². The van der Waals surface area contributed by atoms with Crippen molar-refractivity contribution in [1.29, 1.82) is 0 Å². The van der Waals surface area contributed by atoms with Gasteiger partial charge in [0.25, 0.3) is 0 Å². The van der Waals surface area contributed by atoms with Crippen LogP contribution in [0.2, 0.25) is 0 Å². The summed E-state index contributed by atoms with van der Waals surface area (Å²) in [6.07, 6.45) is 2.64. The van der Waals surface area contributed by atoms with Crippen molar-refractivity contribution >= 4 is 33.2 Å². The number of rotatable bonds is 6. The van der Waals surface area contributed by atoms with Crippen molar-refractivity contribution in [2.24, 2.45) is 5.92 Å². The summed E-state index contributed by atoms with van der Waals surface area (Å²) in [6, 6.07) is 4.07. The van der Waals surface area contributed by atoms with Crippen molar-refractivity contribution in [2.45, 2.75) is 19.4 Å². The molecular formula is C12H17BrN2OS. The van der Waals surface area contributed by atoms with Crippen LogP contribution in [0.4, 0.5) is 0 Å². The number of nitrogens with one attached hydrogen (secondary N) is 1. The van der Waals surface area contributed by atoms with Gasteiger partial charge < -0.3 is 10.2 Å².